The van der Waals surface area contributed by atoms with Crippen molar-refractivity contribution in [1.82, 2.24) is 19.9 Å². The Hall–Kier alpha value is -2.57. The van der Waals surface area contributed by atoms with Gasteiger partial charge in [-0.3, -0.25) is 0 Å². The summed E-state index contributed by atoms with van der Waals surface area (Å²) in [5.41, 5.74) is 1.11. The Morgan fingerprint density at radius 2 is 1.96 bits per heavy atom. The highest BCUT2D eigenvalue weighted by Crippen LogP contribution is 2.27. The lowest BCUT2D eigenvalue weighted by Gasteiger charge is -2.32. The average molecular weight is 344 g/mol. The zero-order chi connectivity index (χ0) is 17.8. The van der Waals surface area contributed by atoms with E-state index in [4.69, 9.17) is 9.26 Å². The number of benzene rings is 1. The highest BCUT2D eigenvalue weighted by atomic mass is 16.5. The third kappa shape index (κ3) is 4.10. The fraction of sp³-hybridized carbons (Fsp3) is 0.500. The van der Waals surface area contributed by atoms with Gasteiger partial charge < -0.3 is 19.1 Å². The molecule has 0 atom stereocenters. The molecule has 25 heavy (non-hydrogen) atoms. The molecule has 0 bridgehead atoms. The van der Waals surface area contributed by atoms with Crippen molar-refractivity contribution in [1.29, 1.82) is 0 Å². The van der Waals surface area contributed by atoms with Crippen LogP contribution in [0.2, 0.25) is 0 Å². The molecule has 2 amide bonds. The van der Waals surface area contributed by atoms with Gasteiger partial charge in [0.15, 0.2) is 5.82 Å². The van der Waals surface area contributed by atoms with Crippen LogP contribution in [0, 0.1) is 0 Å². The van der Waals surface area contributed by atoms with Crippen LogP contribution in [0.3, 0.4) is 0 Å². The van der Waals surface area contributed by atoms with Crippen molar-refractivity contribution in [2.75, 3.05) is 34.3 Å². The lowest BCUT2D eigenvalue weighted by Crippen LogP contribution is -2.43. The first-order chi connectivity index (χ1) is 12.1. The van der Waals surface area contributed by atoms with Gasteiger partial charge in [0.25, 0.3) is 0 Å². The molecule has 1 aliphatic heterocycles. The average Bonchev–Trinajstić information content (AvgIpc) is 3.10. The second-order valence-corrected chi connectivity index (χ2v) is 6.51. The molecule has 0 radical (unpaired) electrons. The van der Waals surface area contributed by atoms with Gasteiger partial charge in [-0.15, -0.1) is 0 Å². The molecule has 3 rings (SSSR count). The molecule has 0 aliphatic carbocycles. The molecule has 0 unspecified atom stereocenters. The summed E-state index contributed by atoms with van der Waals surface area (Å²) in [5.74, 6) is 2.42. The summed E-state index contributed by atoms with van der Waals surface area (Å²) >= 11 is 0. The minimum absolute atomic E-state index is 0.0594. The summed E-state index contributed by atoms with van der Waals surface area (Å²) in [4.78, 5) is 20.0. The van der Waals surface area contributed by atoms with Crippen molar-refractivity contribution in [2.24, 2.45) is 0 Å². The standard InChI is InChI=1S/C18H24N4O3/c1-21(2)18(23)22-10-8-14(9-11-22)17-19-16(20-25-17)12-13-4-6-15(24-3)7-5-13/h4-7,14H,8-12H2,1-3H3. The molecular weight excluding hydrogens is 320 g/mol. The SMILES string of the molecule is COc1ccc(Cc2noc(C3CCN(C(=O)N(C)C)CC3)n2)cc1. The highest BCUT2D eigenvalue weighted by Gasteiger charge is 2.28. The number of likely N-dealkylation sites (tertiary alicyclic amines) is 1. The van der Waals surface area contributed by atoms with Crippen LogP contribution in [-0.4, -0.2) is 60.3 Å². The number of urea groups is 1. The number of nitrogens with zero attached hydrogens (tertiary/aromatic N) is 4. The summed E-state index contributed by atoms with van der Waals surface area (Å²) in [5, 5.41) is 4.11. The van der Waals surface area contributed by atoms with Gasteiger partial charge in [0, 0.05) is 39.5 Å². The van der Waals surface area contributed by atoms with E-state index >= 15 is 0 Å². The van der Waals surface area contributed by atoms with Crippen molar-refractivity contribution < 1.29 is 14.1 Å². The summed E-state index contributed by atoms with van der Waals surface area (Å²) in [6, 6.07) is 7.91. The fourth-order valence-electron chi connectivity index (χ4n) is 3.03. The lowest BCUT2D eigenvalue weighted by molar-refractivity contribution is 0.152. The first-order valence-corrected chi connectivity index (χ1v) is 8.48. The molecule has 1 aromatic carbocycles. The Balaban J connectivity index is 1.57. The van der Waals surface area contributed by atoms with Crippen LogP contribution in [0.4, 0.5) is 4.79 Å². The van der Waals surface area contributed by atoms with Crippen molar-refractivity contribution >= 4 is 6.03 Å². The van der Waals surface area contributed by atoms with Crippen LogP contribution in [0.5, 0.6) is 5.75 Å². The van der Waals surface area contributed by atoms with Gasteiger partial charge >= 0.3 is 6.03 Å². The number of carbonyl (C=O) groups excluding carboxylic acids is 1. The van der Waals surface area contributed by atoms with Crippen LogP contribution in [0.15, 0.2) is 28.8 Å². The Kier molecular flexibility index (Phi) is 5.21. The molecule has 134 valence electrons. The highest BCUT2D eigenvalue weighted by molar-refractivity contribution is 5.73. The van der Waals surface area contributed by atoms with E-state index in [0.717, 1.165) is 37.2 Å². The van der Waals surface area contributed by atoms with Crippen molar-refractivity contribution in [2.45, 2.75) is 25.2 Å². The fourth-order valence-corrected chi connectivity index (χ4v) is 3.03. The van der Waals surface area contributed by atoms with Crippen molar-refractivity contribution in [3.8, 4) is 5.75 Å². The number of aromatic nitrogens is 2. The monoisotopic (exact) mass is 344 g/mol. The molecule has 0 saturated carbocycles. The quantitative estimate of drug-likeness (QED) is 0.852. The van der Waals surface area contributed by atoms with E-state index in [2.05, 4.69) is 10.1 Å². The van der Waals surface area contributed by atoms with E-state index in [1.807, 2.05) is 29.2 Å². The molecule has 1 aliphatic rings. The normalized spacial score (nSPS) is 15.2. The minimum atomic E-state index is 0.0594. The van der Waals surface area contributed by atoms with Crippen LogP contribution >= 0.6 is 0 Å². The number of carbonyl (C=O) groups is 1. The molecule has 2 heterocycles. The number of hydrogen-bond donors (Lipinski definition) is 0. The topological polar surface area (TPSA) is 71.7 Å². The van der Waals surface area contributed by atoms with E-state index in [9.17, 15) is 4.79 Å². The third-order valence-electron chi connectivity index (χ3n) is 4.50. The van der Waals surface area contributed by atoms with Crippen LogP contribution < -0.4 is 4.74 Å². The van der Waals surface area contributed by atoms with Gasteiger partial charge in [0.2, 0.25) is 5.89 Å². The molecule has 1 aromatic heterocycles. The maximum atomic E-state index is 12.0. The van der Waals surface area contributed by atoms with Gasteiger partial charge in [-0.05, 0) is 30.5 Å². The Morgan fingerprint density at radius 1 is 1.28 bits per heavy atom. The van der Waals surface area contributed by atoms with E-state index in [-0.39, 0.29) is 11.9 Å². The first kappa shape index (κ1) is 17.3. The zero-order valence-electron chi connectivity index (χ0n) is 14.9. The molecule has 7 nitrogen and oxygen atoms in total. The van der Waals surface area contributed by atoms with Crippen molar-refractivity contribution in [3.63, 3.8) is 0 Å². The third-order valence-corrected chi connectivity index (χ3v) is 4.50. The smallest absolute Gasteiger partial charge is 0.319 e. The molecule has 0 N–H and O–H groups in total. The van der Waals surface area contributed by atoms with Gasteiger partial charge in [0.1, 0.15) is 5.75 Å². The second-order valence-electron chi connectivity index (χ2n) is 6.51. The number of ether oxygens (including phenoxy) is 1. The van der Waals surface area contributed by atoms with Crippen LogP contribution in [0.25, 0.3) is 0 Å². The molecule has 0 spiro atoms. The summed E-state index contributed by atoms with van der Waals surface area (Å²) in [6.45, 7) is 1.44. The predicted octanol–water partition coefficient (Wildman–Crippen LogP) is 2.53. The Labute approximate surface area is 147 Å². The second kappa shape index (κ2) is 7.55. The van der Waals surface area contributed by atoms with Gasteiger partial charge in [-0.25, -0.2) is 4.79 Å². The Bertz CT molecular complexity index is 703. The number of piperidine rings is 1. The number of methoxy groups -OCH3 is 1. The first-order valence-electron chi connectivity index (χ1n) is 8.48. The molecule has 1 fully saturated rings. The van der Waals surface area contributed by atoms with Crippen LogP contribution in [-0.2, 0) is 6.42 Å². The molecule has 1 saturated heterocycles. The molecule has 7 heteroatoms. The van der Waals surface area contributed by atoms with E-state index in [0.29, 0.717) is 18.1 Å². The van der Waals surface area contributed by atoms with Gasteiger partial charge in [-0.2, -0.15) is 4.98 Å². The lowest BCUT2D eigenvalue weighted by atomic mass is 9.97. The maximum absolute atomic E-state index is 12.0. The summed E-state index contributed by atoms with van der Waals surface area (Å²) < 4.78 is 10.6. The Morgan fingerprint density at radius 3 is 2.56 bits per heavy atom. The largest absolute Gasteiger partial charge is 0.497 e. The number of amides is 2. The van der Waals surface area contributed by atoms with Gasteiger partial charge in [-0.1, -0.05) is 17.3 Å². The van der Waals surface area contributed by atoms with E-state index in [1.165, 1.54) is 0 Å². The summed E-state index contributed by atoms with van der Waals surface area (Å²) in [6.07, 6.45) is 2.33. The number of rotatable bonds is 4. The van der Waals surface area contributed by atoms with Crippen LogP contribution in [0.1, 0.15) is 36.0 Å². The maximum Gasteiger partial charge on any atom is 0.319 e. The molecule has 2 aromatic rings. The predicted molar refractivity (Wildman–Crippen MR) is 92.7 cm³/mol. The van der Waals surface area contributed by atoms with E-state index < -0.39 is 0 Å². The minimum Gasteiger partial charge on any atom is -0.497 e. The van der Waals surface area contributed by atoms with Gasteiger partial charge in [0.05, 0.1) is 7.11 Å². The number of hydrogen-bond acceptors (Lipinski definition) is 5. The van der Waals surface area contributed by atoms with Crippen molar-refractivity contribution in [3.05, 3.63) is 41.5 Å². The summed E-state index contributed by atoms with van der Waals surface area (Å²) in [7, 11) is 5.20. The van der Waals surface area contributed by atoms with E-state index in [1.54, 1.807) is 26.1 Å². The zero-order valence-corrected chi connectivity index (χ0v) is 14.9. The molecular formula is C18H24N4O3.